The lowest BCUT2D eigenvalue weighted by molar-refractivity contribution is -0.786. The van der Waals surface area contributed by atoms with Crippen LogP contribution >= 0.6 is 0 Å². The second-order valence-electron chi connectivity index (χ2n) is 5.35. The molecular formula is C17H21N2O+. The van der Waals surface area contributed by atoms with Crippen molar-refractivity contribution in [2.45, 2.75) is 0 Å². The average molecular weight is 269 g/mol. The zero-order chi connectivity index (χ0) is 14.7. The summed E-state index contributed by atoms with van der Waals surface area (Å²) in [5, 5.41) is 0. The van der Waals surface area contributed by atoms with Crippen LogP contribution in [0, 0.1) is 0 Å². The summed E-state index contributed by atoms with van der Waals surface area (Å²) in [4.78, 5) is 15.7. The summed E-state index contributed by atoms with van der Waals surface area (Å²) in [7, 11) is 8.10. The third-order valence-corrected chi connectivity index (χ3v) is 3.37. The SMILES string of the molecule is CN(C)c1ccc(C(=O)c2ccc([NH+](C)C)cc2)cc1. The van der Waals surface area contributed by atoms with Crippen molar-refractivity contribution in [3.05, 3.63) is 59.7 Å². The second kappa shape index (κ2) is 5.88. The van der Waals surface area contributed by atoms with E-state index in [1.165, 1.54) is 10.6 Å². The Morgan fingerprint density at radius 2 is 1.30 bits per heavy atom. The highest BCUT2D eigenvalue weighted by Crippen LogP contribution is 2.16. The first-order valence-corrected chi connectivity index (χ1v) is 6.71. The van der Waals surface area contributed by atoms with Crippen LogP contribution in [0.3, 0.4) is 0 Å². The highest BCUT2D eigenvalue weighted by atomic mass is 16.1. The quantitative estimate of drug-likeness (QED) is 0.856. The summed E-state index contributed by atoms with van der Waals surface area (Å²) in [5.41, 5.74) is 3.71. The molecule has 0 aliphatic carbocycles. The molecule has 2 aromatic carbocycles. The summed E-state index contributed by atoms with van der Waals surface area (Å²) in [6.45, 7) is 0. The Labute approximate surface area is 120 Å². The number of hydrogen-bond donors (Lipinski definition) is 1. The standard InChI is InChI=1S/C17H20N2O/c1-18(2)15-9-5-13(6-10-15)17(20)14-7-11-16(12-8-14)19(3)4/h5-12H,1-4H3/p+1. The molecule has 2 rings (SSSR count). The average Bonchev–Trinajstić information content (AvgIpc) is 2.46. The van der Waals surface area contributed by atoms with Gasteiger partial charge in [-0.1, -0.05) is 0 Å². The van der Waals surface area contributed by atoms with E-state index in [4.69, 9.17) is 0 Å². The van der Waals surface area contributed by atoms with Gasteiger partial charge in [0.1, 0.15) is 5.69 Å². The maximum atomic E-state index is 12.4. The lowest BCUT2D eigenvalue weighted by Gasteiger charge is -2.12. The molecular weight excluding hydrogens is 248 g/mol. The van der Waals surface area contributed by atoms with Gasteiger partial charge in [0.05, 0.1) is 14.1 Å². The molecule has 20 heavy (non-hydrogen) atoms. The van der Waals surface area contributed by atoms with Gasteiger partial charge in [-0.15, -0.1) is 0 Å². The van der Waals surface area contributed by atoms with E-state index in [9.17, 15) is 4.79 Å². The van der Waals surface area contributed by atoms with Crippen molar-refractivity contribution in [2.75, 3.05) is 33.1 Å². The minimum Gasteiger partial charge on any atom is -0.378 e. The first-order chi connectivity index (χ1) is 9.49. The predicted molar refractivity (Wildman–Crippen MR) is 83.1 cm³/mol. The van der Waals surface area contributed by atoms with Crippen LogP contribution in [0.4, 0.5) is 11.4 Å². The number of nitrogens with one attached hydrogen (secondary N) is 1. The number of rotatable bonds is 4. The molecule has 0 heterocycles. The third-order valence-electron chi connectivity index (χ3n) is 3.37. The van der Waals surface area contributed by atoms with Crippen LogP contribution < -0.4 is 9.80 Å². The molecule has 0 aliphatic rings. The van der Waals surface area contributed by atoms with Gasteiger partial charge in [0.2, 0.25) is 0 Å². The maximum absolute atomic E-state index is 12.4. The van der Waals surface area contributed by atoms with Crippen LogP contribution in [0.1, 0.15) is 15.9 Å². The largest absolute Gasteiger partial charge is 0.378 e. The molecule has 0 bridgehead atoms. The van der Waals surface area contributed by atoms with E-state index in [1.54, 1.807) is 0 Å². The van der Waals surface area contributed by atoms with Crippen molar-refractivity contribution in [1.29, 1.82) is 0 Å². The zero-order valence-electron chi connectivity index (χ0n) is 12.5. The molecule has 3 heteroatoms. The molecule has 0 saturated carbocycles. The van der Waals surface area contributed by atoms with Crippen molar-refractivity contribution in [1.82, 2.24) is 0 Å². The van der Waals surface area contributed by atoms with Gasteiger partial charge >= 0.3 is 0 Å². The Balaban J connectivity index is 2.22. The van der Waals surface area contributed by atoms with Crippen LogP contribution in [0.2, 0.25) is 0 Å². The molecule has 0 amide bonds. The van der Waals surface area contributed by atoms with Gasteiger partial charge in [0.25, 0.3) is 0 Å². The molecule has 0 atom stereocenters. The summed E-state index contributed by atoms with van der Waals surface area (Å²) in [6, 6.07) is 15.5. The van der Waals surface area contributed by atoms with E-state index in [0.29, 0.717) is 0 Å². The lowest BCUT2D eigenvalue weighted by Crippen LogP contribution is -3.00. The molecule has 2 aromatic rings. The fourth-order valence-corrected chi connectivity index (χ4v) is 2.03. The van der Waals surface area contributed by atoms with Crippen molar-refractivity contribution < 1.29 is 9.69 Å². The van der Waals surface area contributed by atoms with Gasteiger partial charge in [0.15, 0.2) is 5.78 Å². The third kappa shape index (κ3) is 3.06. The molecule has 0 aliphatic heterocycles. The number of anilines is 1. The highest BCUT2D eigenvalue weighted by Gasteiger charge is 2.10. The molecule has 0 aromatic heterocycles. The van der Waals surface area contributed by atoms with Gasteiger partial charge in [-0.05, 0) is 48.5 Å². The minimum atomic E-state index is 0.0654. The van der Waals surface area contributed by atoms with Crippen molar-refractivity contribution in [3.63, 3.8) is 0 Å². The number of benzene rings is 2. The Morgan fingerprint density at radius 3 is 1.70 bits per heavy atom. The van der Waals surface area contributed by atoms with Crippen molar-refractivity contribution in [2.24, 2.45) is 0 Å². The topological polar surface area (TPSA) is 24.8 Å². The van der Waals surface area contributed by atoms with Gasteiger partial charge in [0, 0.05) is 30.9 Å². The van der Waals surface area contributed by atoms with Crippen LogP contribution in [0.5, 0.6) is 0 Å². The fourth-order valence-electron chi connectivity index (χ4n) is 2.03. The van der Waals surface area contributed by atoms with Crippen LogP contribution in [0.15, 0.2) is 48.5 Å². The van der Waals surface area contributed by atoms with E-state index >= 15 is 0 Å². The number of quaternary nitrogens is 1. The predicted octanol–water partition coefficient (Wildman–Crippen LogP) is 1.76. The number of carbonyl (C=O) groups excluding carboxylic acids is 1. The zero-order valence-corrected chi connectivity index (χ0v) is 12.5. The van der Waals surface area contributed by atoms with Gasteiger partial charge in [-0.25, -0.2) is 0 Å². The minimum absolute atomic E-state index is 0.0654. The Hall–Kier alpha value is -2.13. The Bertz CT molecular complexity index is 530. The summed E-state index contributed by atoms with van der Waals surface area (Å²) in [5.74, 6) is 0.0654. The van der Waals surface area contributed by atoms with E-state index in [0.717, 1.165) is 16.8 Å². The second-order valence-corrected chi connectivity index (χ2v) is 5.35. The first kappa shape index (κ1) is 14.3. The normalized spacial score (nSPS) is 10.7. The summed E-state index contributed by atoms with van der Waals surface area (Å²) >= 11 is 0. The van der Waals surface area contributed by atoms with Crippen molar-refractivity contribution >= 4 is 17.2 Å². The molecule has 0 radical (unpaired) electrons. The first-order valence-electron chi connectivity index (χ1n) is 6.71. The smallest absolute Gasteiger partial charge is 0.193 e. The van der Waals surface area contributed by atoms with Crippen LogP contribution in [-0.2, 0) is 0 Å². The molecule has 3 nitrogen and oxygen atoms in total. The van der Waals surface area contributed by atoms with E-state index < -0.39 is 0 Å². The number of ketones is 1. The molecule has 104 valence electrons. The molecule has 0 spiro atoms. The molecule has 0 saturated heterocycles. The number of carbonyl (C=O) groups is 1. The molecule has 0 unspecified atom stereocenters. The van der Waals surface area contributed by atoms with E-state index in [1.807, 2.05) is 67.5 Å². The van der Waals surface area contributed by atoms with Crippen molar-refractivity contribution in [3.8, 4) is 0 Å². The van der Waals surface area contributed by atoms with Gasteiger partial charge in [-0.2, -0.15) is 0 Å². The number of nitrogens with zero attached hydrogens (tertiary/aromatic N) is 1. The van der Waals surface area contributed by atoms with E-state index in [2.05, 4.69) is 14.1 Å². The highest BCUT2D eigenvalue weighted by molar-refractivity contribution is 6.09. The monoisotopic (exact) mass is 269 g/mol. The van der Waals surface area contributed by atoms with Gasteiger partial charge in [-0.3, -0.25) is 4.79 Å². The maximum Gasteiger partial charge on any atom is 0.193 e. The van der Waals surface area contributed by atoms with Crippen LogP contribution in [-0.4, -0.2) is 34.0 Å². The summed E-state index contributed by atoms with van der Waals surface area (Å²) in [6.07, 6.45) is 0. The Morgan fingerprint density at radius 1 is 0.850 bits per heavy atom. The Kier molecular flexibility index (Phi) is 4.20. The summed E-state index contributed by atoms with van der Waals surface area (Å²) < 4.78 is 0. The van der Waals surface area contributed by atoms with E-state index in [-0.39, 0.29) is 5.78 Å². The lowest BCUT2D eigenvalue weighted by atomic mass is 10.0. The van der Waals surface area contributed by atoms with Gasteiger partial charge < -0.3 is 9.80 Å². The molecule has 0 fully saturated rings. The molecule has 1 N–H and O–H groups in total. The number of hydrogen-bond acceptors (Lipinski definition) is 2. The van der Waals surface area contributed by atoms with Crippen LogP contribution in [0.25, 0.3) is 0 Å². The fraction of sp³-hybridized carbons (Fsp3) is 0.235.